The molecule has 6 nitrogen and oxygen atoms in total. The fourth-order valence-corrected chi connectivity index (χ4v) is 3.31. The van der Waals surface area contributed by atoms with Crippen LogP contribution in [0.5, 0.6) is 5.75 Å². The van der Waals surface area contributed by atoms with Crippen molar-refractivity contribution < 1.29 is 14.6 Å². The van der Waals surface area contributed by atoms with E-state index in [0.717, 1.165) is 37.3 Å². The summed E-state index contributed by atoms with van der Waals surface area (Å²) in [5, 5.41) is 9.43. The molecule has 0 spiro atoms. The maximum atomic E-state index is 10.7. The van der Waals surface area contributed by atoms with E-state index in [0.29, 0.717) is 23.2 Å². The van der Waals surface area contributed by atoms with Gasteiger partial charge in [0.25, 0.3) is 0 Å². The number of benzene rings is 1. The second-order valence-electron chi connectivity index (χ2n) is 5.98. The molecule has 0 bridgehead atoms. The lowest BCUT2D eigenvalue weighted by Gasteiger charge is -2.32. The zero-order valence-corrected chi connectivity index (χ0v) is 14.0. The van der Waals surface area contributed by atoms with Gasteiger partial charge in [-0.2, -0.15) is 0 Å². The third-order valence-electron chi connectivity index (χ3n) is 4.18. The van der Waals surface area contributed by atoms with Crippen molar-refractivity contribution in [3.05, 3.63) is 47.0 Å². The van der Waals surface area contributed by atoms with Gasteiger partial charge in [0.05, 0.1) is 0 Å². The van der Waals surface area contributed by atoms with Gasteiger partial charge in [-0.15, -0.1) is 0 Å². The van der Waals surface area contributed by atoms with E-state index in [-0.39, 0.29) is 6.61 Å². The van der Waals surface area contributed by atoms with Crippen LogP contribution in [0.25, 0.3) is 0 Å². The molecule has 0 aliphatic carbocycles. The summed E-state index contributed by atoms with van der Waals surface area (Å²) in [6.45, 7) is 2.21. The molecule has 1 aliphatic heterocycles. The van der Waals surface area contributed by atoms with E-state index in [4.69, 9.17) is 21.4 Å². The number of aliphatic carboxylic acids is 1. The van der Waals surface area contributed by atoms with E-state index in [1.807, 2.05) is 12.3 Å². The first-order valence-electron chi connectivity index (χ1n) is 7.96. The van der Waals surface area contributed by atoms with Gasteiger partial charge in [0.1, 0.15) is 11.6 Å². The predicted octanol–water partition coefficient (Wildman–Crippen LogP) is 2.91. The Morgan fingerprint density at radius 3 is 3.12 bits per heavy atom. The highest BCUT2D eigenvalue weighted by molar-refractivity contribution is 6.30. The van der Waals surface area contributed by atoms with Crippen molar-refractivity contribution in [1.29, 1.82) is 0 Å². The number of carboxylic acid groups (broad SMARTS) is 1. The molecule has 0 saturated carbocycles. The molecular formula is C17H20ClN3O3. The number of carbonyl (C=O) groups is 1. The van der Waals surface area contributed by atoms with Gasteiger partial charge in [-0.3, -0.25) is 4.90 Å². The molecule has 1 aromatic heterocycles. The van der Waals surface area contributed by atoms with E-state index in [9.17, 15) is 4.79 Å². The lowest BCUT2D eigenvalue weighted by Crippen LogP contribution is -2.34. The third-order valence-corrected chi connectivity index (χ3v) is 4.41. The highest BCUT2D eigenvalue weighted by Crippen LogP contribution is 2.29. The number of carboxylic acids is 1. The van der Waals surface area contributed by atoms with Crippen molar-refractivity contribution in [2.75, 3.05) is 19.7 Å². The maximum Gasteiger partial charge on any atom is 0.341 e. The molecule has 2 N–H and O–H groups in total. The van der Waals surface area contributed by atoms with Crippen LogP contribution in [0.1, 0.15) is 30.1 Å². The molecule has 1 atom stereocenters. The summed E-state index contributed by atoms with van der Waals surface area (Å²) >= 11 is 6.10. The van der Waals surface area contributed by atoms with Gasteiger partial charge in [-0.05, 0) is 37.6 Å². The normalized spacial score (nSPS) is 18.5. The number of nitrogens with one attached hydrogen (secondary N) is 1. The minimum absolute atomic E-state index is 0.357. The number of ether oxygens (including phenoxy) is 1. The van der Waals surface area contributed by atoms with Gasteiger partial charge in [0.2, 0.25) is 0 Å². The lowest BCUT2D eigenvalue weighted by atomic mass is 9.97. The Morgan fingerprint density at radius 2 is 2.38 bits per heavy atom. The Hall–Kier alpha value is -2.05. The van der Waals surface area contributed by atoms with Crippen molar-refractivity contribution in [2.45, 2.75) is 25.3 Å². The summed E-state index contributed by atoms with van der Waals surface area (Å²) in [5.41, 5.74) is 0.906. The number of nitrogens with zero attached hydrogens (tertiary/aromatic N) is 2. The van der Waals surface area contributed by atoms with Crippen LogP contribution in [-0.2, 0) is 11.3 Å². The molecule has 2 heterocycles. The van der Waals surface area contributed by atoms with Crippen LogP contribution in [0.15, 0.2) is 30.6 Å². The van der Waals surface area contributed by atoms with Gasteiger partial charge < -0.3 is 14.8 Å². The Bertz CT molecular complexity index is 690. The smallest absolute Gasteiger partial charge is 0.341 e. The van der Waals surface area contributed by atoms with Gasteiger partial charge in [0.15, 0.2) is 6.61 Å². The summed E-state index contributed by atoms with van der Waals surface area (Å²) in [7, 11) is 0. The van der Waals surface area contributed by atoms with Gasteiger partial charge in [0, 0.05) is 42.0 Å². The first-order chi connectivity index (χ1) is 11.6. The van der Waals surface area contributed by atoms with E-state index in [1.54, 1.807) is 18.3 Å². The molecule has 7 heteroatoms. The van der Waals surface area contributed by atoms with Gasteiger partial charge in [-0.1, -0.05) is 11.6 Å². The molecule has 2 aromatic rings. The number of piperidine rings is 1. The molecule has 1 aliphatic rings. The Morgan fingerprint density at radius 1 is 1.50 bits per heavy atom. The number of hydrogen-bond acceptors (Lipinski definition) is 4. The zero-order chi connectivity index (χ0) is 16.9. The monoisotopic (exact) mass is 349 g/mol. The largest absolute Gasteiger partial charge is 0.482 e. The van der Waals surface area contributed by atoms with Crippen LogP contribution in [0.2, 0.25) is 5.02 Å². The van der Waals surface area contributed by atoms with E-state index in [1.165, 1.54) is 0 Å². The Balaban J connectivity index is 1.70. The molecule has 3 rings (SSSR count). The lowest BCUT2D eigenvalue weighted by molar-refractivity contribution is -0.139. The quantitative estimate of drug-likeness (QED) is 0.838. The van der Waals surface area contributed by atoms with Crippen LogP contribution in [-0.4, -0.2) is 45.6 Å². The summed E-state index contributed by atoms with van der Waals surface area (Å²) in [6, 6.07) is 5.29. The number of likely N-dealkylation sites (tertiary alicyclic amines) is 1. The number of aromatic amines is 1. The van der Waals surface area contributed by atoms with Crippen molar-refractivity contribution in [2.24, 2.45) is 0 Å². The molecule has 1 fully saturated rings. The minimum atomic E-state index is -0.994. The highest BCUT2D eigenvalue weighted by atomic mass is 35.5. The summed E-state index contributed by atoms with van der Waals surface area (Å²) in [5.74, 6) is 0.984. The molecule has 0 radical (unpaired) electrons. The number of aromatic nitrogens is 2. The molecule has 128 valence electrons. The van der Waals surface area contributed by atoms with Crippen molar-refractivity contribution in [3.8, 4) is 5.75 Å². The first-order valence-corrected chi connectivity index (χ1v) is 8.34. The number of H-pyrrole nitrogens is 1. The third kappa shape index (κ3) is 4.27. The standard InChI is InChI=1S/C17H20ClN3O3/c18-14-3-4-15(24-11-16(22)23)13(8-14)10-21-7-1-2-12(9-21)17-19-5-6-20-17/h3-6,8,12H,1-2,7,9-11H2,(H,19,20)(H,22,23). The molecule has 1 saturated heterocycles. The van der Waals surface area contributed by atoms with Crippen molar-refractivity contribution in [1.82, 2.24) is 14.9 Å². The number of imidazole rings is 1. The predicted molar refractivity (Wildman–Crippen MR) is 90.4 cm³/mol. The minimum Gasteiger partial charge on any atom is -0.482 e. The molecule has 1 aromatic carbocycles. The average molecular weight is 350 g/mol. The number of hydrogen-bond donors (Lipinski definition) is 2. The summed E-state index contributed by atoms with van der Waals surface area (Å²) in [4.78, 5) is 20.6. The first kappa shape index (κ1) is 16.8. The second-order valence-corrected chi connectivity index (χ2v) is 6.42. The average Bonchev–Trinajstić information content (AvgIpc) is 3.09. The van der Waals surface area contributed by atoms with Crippen molar-refractivity contribution in [3.63, 3.8) is 0 Å². The number of rotatable bonds is 6. The van der Waals surface area contributed by atoms with E-state index in [2.05, 4.69) is 14.9 Å². The van der Waals surface area contributed by atoms with Crippen LogP contribution in [0, 0.1) is 0 Å². The van der Waals surface area contributed by atoms with Crippen LogP contribution < -0.4 is 4.74 Å². The molecule has 24 heavy (non-hydrogen) atoms. The Labute approximate surface area is 145 Å². The SMILES string of the molecule is O=C(O)COc1ccc(Cl)cc1CN1CCCC(c2ncc[nH]2)C1. The van der Waals surface area contributed by atoms with Crippen molar-refractivity contribution >= 4 is 17.6 Å². The van der Waals surface area contributed by atoms with Crippen LogP contribution in [0.4, 0.5) is 0 Å². The second kappa shape index (κ2) is 7.68. The fraction of sp³-hybridized carbons (Fsp3) is 0.412. The molecular weight excluding hydrogens is 330 g/mol. The van der Waals surface area contributed by atoms with Gasteiger partial charge in [-0.25, -0.2) is 9.78 Å². The van der Waals surface area contributed by atoms with E-state index < -0.39 is 5.97 Å². The van der Waals surface area contributed by atoms with Crippen LogP contribution >= 0.6 is 11.6 Å². The summed E-state index contributed by atoms with van der Waals surface area (Å²) in [6.07, 6.45) is 5.84. The van der Waals surface area contributed by atoms with Crippen LogP contribution in [0.3, 0.4) is 0 Å². The fourth-order valence-electron chi connectivity index (χ4n) is 3.12. The van der Waals surface area contributed by atoms with E-state index >= 15 is 0 Å². The molecule has 0 amide bonds. The van der Waals surface area contributed by atoms with Gasteiger partial charge >= 0.3 is 5.97 Å². The zero-order valence-electron chi connectivity index (χ0n) is 13.2. The Kier molecular flexibility index (Phi) is 5.37. The topological polar surface area (TPSA) is 78.5 Å². The summed E-state index contributed by atoms with van der Waals surface area (Å²) < 4.78 is 5.39. The molecule has 1 unspecified atom stereocenters. The maximum absolute atomic E-state index is 10.7. The number of halogens is 1. The highest BCUT2D eigenvalue weighted by Gasteiger charge is 2.23.